The molecule has 6 nitrogen and oxygen atoms in total. The van der Waals surface area contributed by atoms with Crippen LogP contribution in [0.25, 0.3) is 0 Å². The molecule has 0 aromatic carbocycles. The molecule has 7 heteroatoms. The van der Waals surface area contributed by atoms with Crippen LogP contribution in [-0.4, -0.2) is 51.0 Å². The third-order valence-electron chi connectivity index (χ3n) is 3.37. The molecule has 1 aromatic rings. The fourth-order valence-electron chi connectivity index (χ4n) is 2.16. The van der Waals surface area contributed by atoms with Gasteiger partial charge in [-0.15, -0.1) is 0 Å². The SMILES string of the molecule is C=CC(=O)N(CC)CC(=O)N1CCn2ncc(I)c2C1. The van der Waals surface area contributed by atoms with Crippen molar-refractivity contribution in [1.29, 1.82) is 0 Å². The van der Waals surface area contributed by atoms with Gasteiger partial charge in [0.2, 0.25) is 11.8 Å². The Kier molecular flexibility index (Phi) is 4.79. The van der Waals surface area contributed by atoms with Crippen molar-refractivity contribution >= 4 is 34.4 Å². The Morgan fingerprint density at radius 1 is 1.55 bits per heavy atom. The molecular weight excluding hydrogens is 371 g/mol. The predicted molar refractivity (Wildman–Crippen MR) is 82.8 cm³/mol. The van der Waals surface area contributed by atoms with Crippen molar-refractivity contribution in [3.8, 4) is 0 Å². The lowest BCUT2D eigenvalue weighted by Crippen LogP contribution is -2.45. The molecule has 0 unspecified atom stereocenters. The number of hydrogen-bond acceptors (Lipinski definition) is 3. The fourth-order valence-corrected chi connectivity index (χ4v) is 2.74. The van der Waals surface area contributed by atoms with Gasteiger partial charge in [0.25, 0.3) is 0 Å². The maximum Gasteiger partial charge on any atom is 0.246 e. The van der Waals surface area contributed by atoms with E-state index in [1.165, 1.54) is 11.0 Å². The number of hydrogen-bond donors (Lipinski definition) is 0. The molecule has 0 radical (unpaired) electrons. The first-order valence-corrected chi connectivity index (χ1v) is 7.54. The Balaban J connectivity index is 2.02. The average Bonchev–Trinajstić information content (AvgIpc) is 2.84. The number of rotatable bonds is 4. The number of aromatic nitrogens is 2. The molecule has 0 spiro atoms. The van der Waals surface area contributed by atoms with Crippen molar-refractivity contribution in [1.82, 2.24) is 19.6 Å². The summed E-state index contributed by atoms with van der Waals surface area (Å²) in [6, 6.07) is 0. The lowest BCUT2D eigenvalue weighted by molar-refractivity contribution is -0.139. The van der Waals surface area contributed by atoms with Crippen LogP contribution in [-0.2, 0) is 22.7 Å². The van der Waals surface area contributed by atoms with E-state index < -0.39 is 0 Å². The maximum atomic E-state index is 12.3. The minimum absolute atomic E-state index is 0.0368. The zero-order chi connectivity index (χ0) is 14.7. The lowest BCUT2D eigenvalue weighted by Gasteiger charge is -2.30. The third-order valence-corrected chi connectivity index (χ3v) is 4.27. The molecule has 108 valence electrons. The van der Waals surface area contributed by atoms with Crippen molar-refractivity contribution in [3.05, 3.63) is 28.1 Å². The standard InChI is InChI=1S/C13H17IN4O2/c1-3-12(19)16(4-2)9-13(20)17-5-6-18-11(8-17)10(14)7-15-18/h3,7H,1,4-6,8-9H2,2H3. The molecule has 0 N–H and O–H groups in total. The van der Waals surface area contributed by atoms with Crippen LogP contribution < -0.4 is 0 Å². The maximum absolute atomic E-state index is 12.3. The van der Waals surface area contributed by atoms with Gasteiger partial charge >= 0.3 is 0 Å². The summed E-state index contributed by atoms with van der Waals surface area (Å²) >= 11 is 2.22. The van der Waals surface area contributed by atoms with E-state index in [4.69, 9.17) is 0 Å². The molecule has 0 saturated heterocycles. The number of likely N-dealkylation sites (N-methyl/N-ethyl adjacent to an activating group) is 1. The summed E-state index contributed by atoms with van der Waals surface area (Å²) in [4.78, 5) is 27.2. The van der Waals surface area contributed by atoms with E-state index in [1.807, 2.05) is 17.8 Å². The quantitative estimate of drug-likeness (QED) is 0.568. The van der Waals surface area contributed by atoms with Gasteiger partial charge in [0.1, 0.15) is 6.54 Å². The summed E-state index contributed by atoms with van der Waals surface area (Å²) in [5.41, 5.74) is 1.06. The number of fused-ring (bicyclic) bond motifs is 1. The first-order valence-electron chi connectivity index (χ1n) is 6.46. The third kappa shape index (κ3) is 3.02. The van der Waals surface area contributed by atoms with E-state index in [1.54, 1.807) is 4.90 Å². The summed E-state index contributed by atoms with van der Waals surface area (Å²) < 4.78 is 2.99. The Labute approximate surface area is 131 Å². The van der Waals surface area contributed by atoms with E-state index in [0.29, 0.717) is 26.2 Å². The van der Waals surface area contributed by atoms with Gasteiger partial charge in [0.05, 0.1) is 28.6 Å². The summed E-state index contributed by atoms with van der Waals surface area (Å²) in [5.74, 6) is -0.247. The predicted octanol–water partition coefficient (Wildman–Crippen LogP) is 0.864. The normalized spacial score (nSPS) is 13.8. The van der Waals surface area contributed by atoms with Crippen molar-refractivity contribution in [2.45, 2.75) is 20.0 Å². The Morgan fingerprint density at radius 2 is 2.30 bits per heavy atom. The van der Waals surface area contributed by atoms with Crippen LogP contribution in [0.3, 0.4) is 0 Å². The molecule has 1 aliphatic rings. The topological polar surface area (TPSA) is 58.4 Å². The van der Waals surface area contributed by atoms with Gasteiger partial charge in [0.15, 0.2) is 0 Å². The largest absolute Gasteiger partial charge is 0.333 e. The highest BCUT2D eigenvalue weighted by Crippen LogP contribution is 2.18. The van der Waals surface area contributed by atoms with Crippen molar-refractivity contribution in [3.63, 3.8) is 0 Å². The van der Waals surface area contributed by atoms with Crippen LogP contribution in [0.15, 0.2) is 18.9 Å². The Morgan fingerprint density at radius 3 is 2.95 bits per heavy atom. The van der Waals surface area contributed by atoms with Crippen LogP contribution >= 0.6 is 22.6 Å². The van der Waals surface area contributed by atoms with Gasteiger partial charge in [-0.05, 0) is 35.6 Å². The Bertz CT molecular complexity index is 540. The van der Waals surface area contributed by atoms with Gasteiger partial charge in [-0.25, -0.2) is 0 Å². The molecule has 0 bridgehead atoms. The molecular formula is C13H17IN4O2. The van der Waals surface area contributed by atoms with Crippen LogP contribution in [0.2, 0.25) is 0 Å². The molecule has 1 aromatic heterocycles. The molecule has 20 heavy (non-hydrogen) atoms. The van der Waals surface area contributed by atoms with Crippen LogP contribution in [0, 0.1) is 3.57 Å². The molecule has 0 fully saturated rings. The van der Waals surface area contributed by atoms with Crippen molar-refractivity contribution in [2.75, 3.05) is 19.6 Å². The highest BCUT2D eigenvalue weighted by molar-refractivity contribution is 14.1. The molecule has 0 atom stereocenters. The second-order valence-electron chi connectivity index (χ2n) is 4.53. The molecule has 2 rings (SSSR count). The second-order valence-corrected chi connectivity index (χ2v) is 5.70. The number of amides is 2. The summed E-state index contributed by atoms with van der Waals surface area (Å²) in [7, 11) is 0. The zero-order valence-electron chi connectivity index (χ0n) is 11.4. The minimum Gasteiger partial charge on any atom is -0.333 e. The number of nitrogens with zero attached hydrogens (tertiary/aromatic N) is 4. The molecule has 0 saturated carbocycles. The van der Waals surface area contributed by atoms with Gasteiger partial charge in [-0.3, -0.25) is 14.3 Å². The van der Waals surface area contributed by atoms with Crippen LogP contribution in [0.5, 0.6) is 0 Å². The van der Waals surface area contributed by atoms with Crippen LogP contribution in [0.4, 0.5) is 0 Å². The molecule has 1 aliphatic heterocycles. The smallest absolute Gasteiger partial charge is 0.246 e. The average molecular weight is 388 g/mol. The van der Waals surface area contributed by atoms with Gasteiger partial charge in [-0.2, -0.15) is 5.10 Å². The van der Waals surface area contributed by atoms with E-state index in [2.05, 4.69) is 34.3 Å². The van der Waals surface area contributed by atoms with Gasteiger partial charge in [0, 0.05) is 13.1 Å². The van der Waals surface area contributed by atoms with E-state index in [-0.39, 0.29) is 18.4 Å². The molecule has 2 amide bonds. The van der Waals surface area contributed by atoms with Gasteiger partial charge < -0.3 is 9.80 Å². The molecule has 0 aliphatic carbocycles. The highest BCUT2D eigenvalue weighted by atomic mass is 127. The number of halogens is 1. The highest BCUT2D eigenvalue weighted by Gasteiger charge is 2.24. The first-order chi connectivity index (χ1) is 9.56. The monoisotopic (exact) mass is 388 g/mol. The minimum atomic E-state index is -0.211. The summed E-state index contributed by atoms with van der Waals surface area (Å²) in [5, 5.41) is 4.26. The van der Waals surface area contributed by atoms with E-state index in [0.717, 1.165) is 9.26 Å². The van der Waals surface area contributed by atoms with Crippen molar-refractivity contribution < 1.29 is 9.59 Å². The van der Waals surface area contributed by atoms with E-state index in [9.17, 15) is 9.59 Å². The summed E-state index contributed by atoms with van der Waals surface area (Å²) in [6.45, 7) is 7.79. The van der Waals surface area contributed by atoms with Crippen LogP contribution in [0.1, 0.15) is 12.6 Å². The summed E-state index contributed by atoms with van der Waals surface area (Å²) in [6.07, 6.45) is 3.05. The zero-order valence-corrected chi connectivity index (χ0v) is 13.5. The first kappa shape index (κ1) is 15.0. The Hall–Kier alpha value is -1.38. The molecule has 2 heterocycles. The fraction of sp³-hybridized carbons (Fsp3) is 0.462. The van der Waals surface area contributed by atoms with Gasteiger partial charge in [-0.1, -0.05) is 6.58 Å². The number of carbonyl (C=O) groups is 2. The van der Waals surface area contributed by atoms with Crippen molar-refractivity contribution in [2.24, 2.45) is 0 Å². The lowest BCUT2D eigenvalue weighted by atomic mass is 10.3. The number of carbonyl (C=O) groups excluding carboxylic acids is 2. The second kappa shape index (κ2) is 6.38. The van der Waals surface area contributed by atoms with E-state index >= 15 is 0 Å².